The van der Waals surface area contributed by atoms with Gasteiger partial charge in [-0.25, -0.2) is 18.2 Å². The number of hydrogen-bond donors (Lipinski definition) is 2. The van der Waals surface area contributed by atoms with Gasteiger partial charge in [0.15, 0.2) is 11.5 Å². The second-order valence-corrected chi connectivity index (χ2v) is 9.86. The van der Waals surface area contributed by atoms with Gasteiger partial charge in [-0.15, -0.1) is 0 Å². The smallest absolute Gasteiger partial charge is 0.264 e. The summed E-state index contributed by atoms with van der Waals surface area (Å²) >= 11 is 0. The van der Waals surface area contributed by atoms with E-state index in [1.165, 1.54) is 51.5 Å². The van der Waals surface area contributed by atoms with Gasteiger partial charge in [-0.3, -0.25) is 13.9 Å². The summed E-state index contributed by atoms with van der Waals surface area (Å²) in [6.45, 7) is 2.42. The molecule has 0 fully saturated rings. The van der Waals surface area contributed by atoms with Crippen molar-refractivity contribution in [3.05, 3.63) is 78.1 Å². The molecule has 0 atom stereocenters. The van der Waals surface area contributed by atoms with Gasteiger partial charge >= 0.3 is 0 Å². The molecular formula is C26H27FN4O6S. The molecule has 2 N–H and O–H groups in total. The summed E-state index contributed by atoms with van der Waals surface area (Å²) in [5.41, 5.74) is 4.16. The molecule has 12 heteroatoms. The van der Waals surface area contributed by atoms with E-state index in [-0.39, 0.29) is 22.2 Å². The highest BCUT2D eigenvalue weighted by atomic mass is 32.2. The Balaban J connectivity index is 1.86. The summed E-state index contributed by atoms with van der Waals surface area (Å²) in [4.78, 5) is 23.8. The van der Waals surface area contributed by atoms with Crippen LogP contribution in [-0.2, 0) is 19.6 Å². The van der Waals surface area contributed by atoms with Gasteiger partial charge in [0.05, 0.1) is 30.5 Å². The van der Waals surface area contributed by atoms with Crippen LogP contribution in [0.3, 0.4) is 0 Å². The molecule has 38 heavy (non-hydrogen) atoms. The molecule has 10 nitrogen and oxygen atoms in total. The van der Waals surface area contributed by atoms with Crippen molar-refractivity contribution in [2.75, 3.05) is 30.4 Å². The Bertz CT molecular complexity index is 1440. The molecule has 3 aromatic carbocycles. The maximum atomic E-state index is 13.6. The van der Waals surface area contributed by atoms with E-state index in [1.54, 1.807) is 31.2 Å². The molecule has 0 aliphatic carbocycles. The Morgan fingerprint density at radius 1 is 0.921 bits per heavy atom. The highest BCUT2D eigenvalue weighted by Crippen LogP contribution is 2.32. The van der Waals surface area contributed by atoms with Crippen LogP contribution in [0, 0.1) is 5.82 Å². The maximum Gasteiger partial charge on any atom is 0.264 e. The van der Waals surface area contributed by atoms with E-state index in [0.717, 1.165) is 16.4 Å². The van der Waals surface area contributed by atoms with Crippen LogP contribution in [0.1, 0.15) is 19.4 Å². The lowest BCUT2D eigenvalue weighted by Gasteiger charge is -2.24. The standard InChI is InChI=1S/C26H27FN4O6S/c1-17(19-5-9-21(10-6-19)28-18(2)32)29-30-26(33)16-31(22-11-7-20(27)8-12-22)38(34,35)23-13-14-24(36-3)25(15-23)37-4/h5-15H,16H2,1-4H3,(H,28,32)(H,30,33)/b29-17-. The zero-order chi connectivity index (χ0) is 27.9. The Kier molecular flexibility index (Phi) is 9.02. The first-order valence-corrected chi connectivity index (χ1v) is 12.7. The number of hydrazone groups is 1. The SMILES string of the molecule is COc1ccc(S(=O)(=O)N(CC(=O)N/N=C(/C)c2ccc(NC(C)=O)cc2)c2ccc(F)cc2)cc1OC. The number of benzene rings is 3. The van der Waals surface area contributed by atoms with E-state index in [2.05, 4.69) is 15.8 Å². The van der Waals surface area contributed by atoms with Crippen LogP contribution in [0.5, 0.6) is 11.5 Å². The predicted molar refractivity (Wildman–Crippen MR) is 142 cm³/mol. The minimum Gasteiger partial charge on any atom is -0.493 e. The number of nitrogens with zero attached hydrogens (tertiary/aromatic N) is 2. The second kappa shape index (κ2) is 12.2. The third-order valence-electron chi connectivity index (χ3n) is 5.32. The molecule has 0 spiro atoms. The number of nitrogens with one attached hydrogen (secondary N) is 2. The Hall–Kier alpha value is -4.45. The van der Waals surface area contributed by atoms with Crippen LogP contribution < -0.4 is 24.5 Å². The van der Waals surface area contributed by atoms with Crippen molar-refractivity contribution in [2.24, 2.45) is 5.10 Å². The predicted octanol–water partition coefficient (Wildman–Crippen LogP) is 3.54. The molecule has 0 aromatic heterocycles. The lowest BCUT2D eigenvalue weighted by atomic mass is 10.1. The van der Waals surface area contributed by atoms with Gasteiger partial charge in [0, 0.05) is 18.7 Å². The molecule has 2 amide bonds. The first kappa shape index (κ1) is 28.1. The van der Waals surface area contributed by atoms with Gasteiger partial charge in [0.1, 0.15) is 12.4 Å². The van der Waals surface area contributed by atoms with Gasteiger partial charge in [0.2, 0.25) is 5.91 Å². The molecule has 0 aliphatic heterocycles. The molecule has 3 rings (SSSR count). The monoisotopic (exact) mass is 542 g/mol. The van der Waals surface area contributed by atoms with Crippen LogP contribution in [0.2, 0.25) is 0 Å². The van der Waals surface area contributed by atoms with Crippen LogP contribution in [0.15, 0.2) is 76.7 Å². The fourth-order valence-corrected chi connectivity index (χ4v) is 4.84. The molecule has 3 aromatic rings. The van der Waals surface area contributed by atoms with Gasteiger partial charge in [-0.2, -0.15) is 5.10 Å². The zero-order valence-corrected chi connectivity index (χ0v) is 22.0. The number of ether oxygens (including phenoxy) is 2. The van der Waals surface area contributed by atoms with Crippen molar-refractivity contribution < 1.29 is 31.9 Å². The van der Waals surface area contributed by atoms with Crippen LogP contribution in [-0.4, -0.2) is 46.7 Å². The number of anilines is 2. The number of rotatable bonds is 10. The number of halogens is 1. The maximum absolute atomic E-state index is 13.6. The van der Waals surface area contributed by atoms with E-state index in [9.17, 15) is 22.4 Å². The van der Waals surface area contributed by atoms with E-state index < -0.39 is 28.3 Å². The lowest BCUT2D eigenvalue weighted by Crippen LogP contribution is -2.39. The number of amides is 2. The molecular weight excluding hydrogens is 515 g/mol. The fraction of sp³-hybridized carbons (Fsp3) is 0.192. The molecule has 0 saturated heterocycles. The molecule has 200 valence electrons. The summed E-state index contributed by atoms with van der Waals surface area (Å²) in [6, 6.07) is 15.5. The Labute approximate surface area is 220 Å². The van der Waals surface area contributed by atoms with Crippen molar-refractivity contribution in [1.29, 1.82) is 0 Å². The van der Waals surface area contributed by atoms with Crippen molar-refractivity contribution in [1.82, 2.24) is 5.43 Å². The molecule has 0 radical (unpaired) electrons. The van der Waals surface area contributed by atoms with Crippen molar-refractivity contribution in [2.45, 2.75) is 18.7 Å². The van der Waals surface area contributed by atoms with Crippen LogP contribution >= 0.6 is 0 Å². The van der Waals surface area contributed by atoms with Gasteiger partial charge < -0.3 is 14.8 Å². The third kappa shape index (κ3) is 6.85. The topological polar surface area (TPSA) is 126 Å². The van der Waals surface area contributed by atoms with E-state index >= 15 is 0 Å². The minimum atomic E-state index is -4.29. The summed E-state index contributed by atoms with van der Waals surface area (Å²) < 4.78 is 51.9. The van der Waals surface area contributed by atoms with Crippen molar-refractivity contribution >= 4 is 38.9 Å². The number of sulfonamides is 1. The number of carbonyl (C=O) groups excluding carboxylic acids is 2. The Morgan fingerprint density at radius 2 is 1.55 bits per heavy atom. The molecule has 0 bridgehead atoms. The average Bonchev–Trinajstić information content (AvgIpc) is 2.90. The minimum absolute atomic E-state index is 0.0746. The highest BCUT2D eigenvalue weighted by molar-refractivity contribution is 7.92. The molecule has 0 aliphatic rings. The summed E-state index contributed by atoms with van der Waals surface area (Å²) in [7, 11) is -1.51. The first-order chi connectivity index (χ1) is 18.0. The van der Waals surface area contributed by atoms with Gasteiger partial charge in [0.25, 0.3) is 15.9 Å². The number of carbonyl (C=O) groups is 2. The number of hydrogen-bond acceptors (Lipinski definition) is 7. The van der Waals surface area contributed by atoms with E-state index in [0.29, 0.717) is 22.7 Å². The number of methoxy groups -OCH3 is 2. The lowest BCUT2D eigenvalue weighted by molar-refractivity contribution is -0.119. The van der Waals surface area contributed by atoms with Crippen LogP contribution in [0.4, 0.5) is 15.8 Å². The first-order valence-electron chi connectivity index (χ1n) is 11.3. The average molecular weight is 543 g/mol. The molecule has 0 saturated carbocycles. The third-order valence-corrected chi connectivity index (χ3v) is 7.09. The summed E-state index contributed by atoms with van der Waals surface area (Å²) in [5, 5.41) is 6.72. The molecule has 0 unspecified atom stereocenters. The highest BCUT2D eigenvalue weighted by Gasteiger charge is 2.28. The quantitative estimate of drug-likeness (QED) is 0.298. The fourth-order valence-electron chi connectivity index (χ4n) is 3.40. The van der Waals surface area contributed by atoms with E-state index in [1.807, 2.05) is 0 Å². The van der Waals surface area contributed by atoms with Crippen molar-refractivity contribution in [3.63, 3.8) is 0 Å². The van der Waals surface area contributed by atoms with Gasteiger partial charge in [-0.1, -0.05) is 12.1 Å². The second-order valence-electron chi connectivity index (χ2n) is 8.00. The Morgan fingerprint density at radius 3 is 2.13 bits per heavy atom. The summed E-state index contributed by atoms with van der Waals surface area (Å²) in [5.74, 6) is -0.988. The van der Waals surface area contributed by atoms with E-state index in [4.69, 9.17) is 9.47 Å². The normalized spacial score (nSPS) is 11.4. The van der Waals surface area contributed by atoms with Gasteiger partial charge in [-0.05, 0) is 61.0 Å². The summed E-state index contributed by atoms with van der Waals surface area (Å²) in [6.07, 6.45) is 0. The zero-order valence-electron chi connectivity index (χ0n) is 21.2. The molecule has 0 heterocycles. The van der Waals surface area contributed by atoms with Crippen LogP contribution in [0.25, 0.3) is 0 Å². The largest absolute Gasteiger partial charge is 0.493 e. The van der Waals surface area contributed by atoms with Crippen molar-refractivity contribution in [3.8, 4) is 11.5 Å².